The highest BCUT2D eigenvalue weighted by Crippen LogP contribution is 2.37. The number of thiophene rings is 1. The zero-order valence-corrected chi connectivity index (χ0v) is 17.6. The monoisotopic (exact) mass is 429 g/mol. The Labute approximate surface area is 177 Å². The Morgan fingerprint density at radius 1 is 1.37 bits per heavy atom. The van der Waals surface area contributed by atoms with Gasteiger partial charge in [0, 0.05) is 50.6 Å². The molecule has 30 heavy (non-hydrogen) atoms. The molecule has 2 amide bonds. The molecule has 0 bridgehead atoms. The second-order valence-electron chi connectivity index (χ2n) is 6.90. The summed E-state index contributed by atoms with van der Waals surface area (Å²) in [7, 11) is 3.33. The van der Waals surface area contributed by atoms with Crippen LogP contribution in [0.15, 0.2) is 30.6 Å². The van der Waals surface area contributed by atoms with Crippen molar-refractivity contribution in [3.05, 3.63) is 46.7 Å². The number of methoxy groups -OCH3 is 1. The summed E-state index contributed by atoms with van der Waals surface area (Å²) >= 11 is 1.33. The fraction of sp³-hybridized carbons (Fsp3) is 0.400. The molecule has 1 N–H and O–H groups in total. The number of hydrogen-bond donors (Lipinski definition) is 1. The fourth-order valence-electron chi connectivity index (χ4n) is 3.54. The van der Waals surface area contributed by atoms with Gasteiger partial charge in [-0.2, -0.15) is 5.10 Å². The molecule has 10 heteroatoms. The molecule has 3 aromatic heterocycles. The first-order chi connectivity index (χ1) is 14.6. The Hall–Kier alpha value is -2.82. The van der Waals surface area contributed by atoms with Gasteiger partial charge in [0.05, 0.1) is 19.8 Å². The highest BCUT2D eigenvalue weighted by atomic mass is 32.1. The minimum Gasteiger partial charge on any atom is -0.383 e. The lowest BCUT2D eigenvalue weighted by Gasteiger charge is -2.33. The summed E-state index contributed by atoms with van der Waals surface area (Å²) in [5, 5.41) is 7.83. The fourth-order valence-corrected chi connectivity index (χ4v) is 4.65. The van der Waals surface area contributed by atoms with E-state index in [1.807, 2.05) is 12.1 Å². The smallest absolute Gasteiger partial charge is 0.272 e. The van der Waals surface area contributed by atoms with E-state index in [4.69, 9.17) is 9.47 Å². The van der Waals surface area contributed by atoms with E-state index < -0.39 is 6.10 Å². The molecule has 1 aliphatic rings. The SMILES string of the molecule is COCCNC(=O)c1sc2ncccc2c1C1CN(C(=O)c2ccnn2C)CCO1. The minimum absolute atomic E-state index is 0.105. The maximum absolute atomic E-state index is 13.0. The summed E-state index contributed by atoms with van der Waals surface area (Å²) in [4.78, 5) is 33.3. The topological polar surface area (TPSA) is 98.6 Å². The van der Waals surface area contributed by atoms with Crippen molar-refractivity contribution in [2.24, 2.45) is 7.05 Å². The third-order valence-corrected chi connectivity index (χ3v) is 6.15. The second-order valence-corrected chi connectivity index (χ2v) is 7.90. The Morgan fingerprint density at radius 2 is 2.23 bits per heavy atom. The Bertz CT molecular complexity index is 1060. The van der Waals surface area contributed by atoms with E-state index in [0.717, 1.165) is 15.8 Å². The lowest BCUT2D eigenvalue weighted by Crippen LogP contribution is -2.43. The molecule has 9 nitrogen and oxygen atoms in total. The summed E-state index contributed by atoms with van der Waals surface area (Å²) in [6, 6.07) is 5.48. The molecule has 4 rings (SSSR count). The quantitative estimate of drug-likeness (QED) is 0.598. The molecule has 0 radical (unpaired) electrons. The number of aryl methyl sites for hydroxylation is 1. The van der Waals surface area contributed by atoms with Crippen molar-refractivity contribution in [2.45, 2.75) is 6.10 Å². The predicted octanol–water partition coefficient (Wildman–Crippen LogP) is 1.62. The van der Waals surface area contributed by atoms with Gasteiger partial charge < -0.3 is 19.7 Å². The Morgan fingerprint density at radius 3 is 3.00 bits per heavy atom. The molecule has 4 heterocycles. The van der Waals surface area contributed by atoms with E-state index >= 15 is 0 Å². The maximum Gasteiger partial charge on any atom is 0.272 e. The highest BCUT2D eigenvalue weighted by molar-refractivity contribution is 7.20. The number of nitrogens with one attached hydrogen (secondary N) is 1. The number of pyridine rings is 1. The first-order valence-corrected chi connectivity index (χ1v) is 10.4. The van der Waals surface area contributed by atoms with Gasteiger partial charge in [-0.05, 0) is 12.1 Å². The van der Waals surface area contributed by atoms with Crippen molar-refractivity contribution in [1.29, 1.82) is 0 Å². The van der Waals surface area contributed by atoms with Crippen LogP contribution in [0.3, 0.4) is 0 Å². The number of rotatable bonds is 6. The highest BCUT2D eigenvalue weighted by Gasteiger charge is 2.32. The van der Waals surface area contributed by atoms with Crippen LogP contribution >= 0.6 is 11.3 Å². The number of aromatic nitrogens is 3. The van der Waals surface area contributed by atoms with Gasteiger partial charge in [-0.25, -0.2) is 4.98 Å². The molecule has 0 aromatic carbocycles. The van der Waals surface area contributed by atoms with Crippen LogP contribution in [0.4, 0.5) is 0 Å². The van der Waals surface area contributed by atoms with Crippen molar-refractivity contribution in [3.8, 4) is 0 Å². The van der Waals surface area contributed by atoms with E-state index in [-0.39, 0.29) is 11.8 Å². The zero-order valence-electron chi connectivity index (χ0n) is 16.8. The Balaban J connectivity index is 1.64. The van der Waals surface area contributed by atoms with Crippen LogP contribution in [-0.2, 0) is 16.5 Å². The van der Waals surface area contributed by atoms with E-state index in [9.17, 15) is 9.59 Å². The minimum atomic E-state index is -0.419. The first kappa shape index (κ1) is 20.5. The average molecular weight is 430 g/mol. The van der Waals surface area contributed by atoms with Crippen molar-refractivity contribution in [3.63, 3.8) is 0 Å². The van der Waals surface area contributed by atoms with E-state index in [2.05, 4.69) is 15.4 Å². The number of amides is 2. The number of carbonyl (C=O) groups excluding carboxylic acids is 2. The molecule has 0 saturated carbocycles. The van der Waals surface area contributed by atoms with Gasteiger partial charge in [0.15, 0.2) is 0 Å². The van der Waals surface area contributed by atoms with E-state index in [1.165, 1.54) is 11.3 Å². The Kier molecular flexibility index (Phi) is 6.07. The van der Waals surface area contributed by atoms with Crippen molar-refractivity contribution in [1.82, 2.24) is 25.0 Å². The summed E-state index contributed by atoms with van der Waals surface area (Å²) in [5.74, 6) is -0.296. The van der Waals surface area contributed by atoms with Gasteiger partial charge in [-0.1, -0.05) is 6.07 Å². The molecule has 1 saturated heterocycles. The van der Waals surface area contributed by atoms with Crippen LogP contribution in [0, 0.1) is 0 Å². The summed E-state index contributed by atoms with van der Waals surface area (Å²) in [6.07, 6.45) is 2.89. The van der Waals surface area contributed by atoms with E-state index in [1.54, 1.807) is 42.2 Å². The molecular formula is C20H23N5O4S. The normalized spacial score (nSPS) is 16.7. The van der Waals surface area contributed by atoms with Crippen LogP contribution in [0.25, 0.3) is 10.2 Å². The summed E-state index contributed by atoms with van der Waals surface area (Å²) in [6.45, 7) is 2.06. The van der Waals surface area contributed by atoms with Gasteiger partial charge in [0.2, 0.25) is 0 Å². The standard InChI is InChI=1S/C20H23N5O4S/c1-24-14(5-7-23-24)20(27)25-9-11-29-15(12-25)16-13-4-3-6-22-19(13)30-17(16)18(26)21-8-10-28-2/h3-7,15H,8-12H2,1-2H3,(H,21,26). The molecule has 3 aromatic rings. The summed E-state index contributed by atoms with van der Waals surface area (Å²) < 4.78 is 12.6. The van der Waals surface area contributed by atoms with Gasteiger partial charge in [-0.3, -0.25) is 14.3 Å². The van der Waals surface area contributed by atoms with Crippen LogP contribution in [-0.4, -0.2) is 71.4 Å². The van der Waals surface area contributed by atoms with Gasteiger partial charge in [-0.15, -0.1) is 11.3 Å². The molecule has 0 aliphatic carbocycles. The van der Waals surface area contributed by atoms with Crippen LogP contribution in [0.5, 0.6) is 0 Å². The van der Waals surface area contributed by atoms with Crippen molar-refractivity contribution < 1.29 is 19.1 Å². The number of hydrogen-bond acceptors (Lipinski definition) is 7. The number of morpholine rings is 1. The summed E-state index contributed by atoms with van der Waals surface area (Å²) in [5.41, 5.74) is 1.30. The zero-order chi connectivity index (χ0) is 21.1. The second kappa shape index (κ2) is 8.90. The molecule has 0 spiro atoms. The van der Waals surface area contributed by atoms with Gasteiger partial charge in [0.1, 0.15) is 21.5 Å². The average Bonchev–Trinajstić information content (AvgIpc) is 3.37. The first-order valence-electron chi connectivity index (χ1n) is 9.63. The number of ether oxygens (including phenoxy) is 2. The largest absolute Gasteiger partial charge is 0.383 e. The molecule has 158 valence electrons. The number of nitrogens with zero attached hydrogens (tertiary/aromatic N) is 4. The maximum atomic E-state index is 13.0. The molecule has 1 atom stereocenters. The number of carbonyl (C=O) groups is 2. The molecule has 1 aliphatic heterocycles. The van der Waals surface area contributed by atoms with Crippen molar-refractivity contribution in [2.75, 3.05) is 40.0 Å². The van der Waals surface area contributed by atoms with Gasteiger partial charge in [0.25, 0.3) is 11.8 Å². The third kappa shape index (κ3) is 3.93. The predicted molar refractivity (Wildman–Crippen MR) is 112 cm³/mol. The lowest BCUT2D eigenvalue weighted by molar-refractivity contribution is -0.0226. The van der Waals surface area contributed by atoms with Crippen molar-refractivity contribution >= 4 is 33.4 Å². The number of fused-ring (bicyclic) bond motifs is 1. The third-order valence-electron chi connectivity index (χ3n) is 5.02. The lowest BCUT2D eigenvalue weighted by atomic mass is 10.0. The molecule has 1 fully saturated rings. The van der Waals surface area contributed by atoms with E-state index in [0.29, 0.717) is 43.4 Å². The molecular weight excluding hydrogens is 406 g/mol. The van der Waals surface area contributed by atoms with Crippen LogP contribution in [0.2, 0.25) is 0 Å². The van der Waals surface area contributed by atoms with Gasteiger partial charge >= 0.3 is 0 Å². The van der Waals surface area contributed by atoms with Crippen LogP contribution in [0.1, 0.15) is 31.8 Å². The molecule has 1 unspecified atom stereocenters. The van der Waals surface area contributed by atoms with Crippen LogP contribution < -0.4 is 5.32 Å².